The summed E-state index contributed by atoms with van der Waals surface area (Å²) in [6.45, 7) is 3.97. The number of carbonyl (C=O) groups is 1. The van der Waals surface area contributed by atoms with E-state index < -0.39 is 5.54 Å². The maximum Gasteiger partial charge on any atom is 0.331 e. The van der Waals surface area contributed by atoms with Crippen LogP contribution in [0.2, 0.25) is 5.02 Å². The number of hydrogen-bond acceptors (Lipinski definition) is 5. The van der Waals surface area contributed by atoms with Crippen molar-refractivity contribution in [2.24, 2.45) is 0 Å². The number of nitrogens with one attached hydrogen (secondary N) is 1. The molecule has 0 amide bonds. The molecule has 0 atom stereocenters. The van der Waals surface area contributed by atoms with Crippen molar-refractivity contribution in [1.29, 1.82) is 0 Å². The highest BCUT2D eigenvalue weighted by Crippen LogP contribution is 2.40. The molecule has 0 aliphatic heterocycles. The minimum Gasteiger partial charge on any atom is -0.464 e. The Bertz CT molecular complexity index is 1100. The van der Waals surface area contributed by atoms with Gasteiger partial charge < -0.3 is 10.1 Å². The van der Waals surface area contributed by atoms with Crippen molar-refractivity contribution in [2.45, 2.75) is 32.2 Å². The second-order valence-corrected chi connectivity index (χ2v) is 7.82. The highest BCUT2D eigenvalue weighted by molar-refractivity contribution is 6.30. The van der Waals surface area contributed by atoms with Crippen LogP contribution in [0.5, 0.6) is 0 Å². The molecule has 1 saturated carbocycles. The molecule has 0 radical (unpaired) electrons. The van der Waals surface area contributed by atoms with Gasteiger partial charge in [-0.3, -0.25) is 0 Å². The van der Waals surface area contributed by atoms with Gasteiger partial charge in [0.2, 0.25) is 0 Å². The lowest BCUT2D eigenvalue weighted by atomic mass is 10.1. The minimum atomic E-state index is -0.788. The van der Waals surface area contributed by atoms with Crippen LogP contribution in [0.3, 0.4) is 0 Å². The molecule has 30 heavy (non-hydrogen) atoms. The van der Waals surface area contributed by atoms with Gasteiger partial charge in [-0.15, -0.1) is 0 Å². The molecular formula is C23H21ClFN3O2. The predicted octanol–water partition coefficient (Wildman–Crippen LogP) is 5.42. The van der Waals surface area contributed by atoms with Crippen LogP contribution in [0.15, 0.2) is 48.5 Å². The predicted molar refractivity (Wildman–Crippen MR) is 115 cm³/mol. The average molecular weight is 426 g/mol. The van der Waals surface area contributed by atoms with Crippen molar-refractivity contribution in [3.63, 3.8) is 0 Å². The third-order valence-electron chi connectivity index (χ3n) is 5.01. The van der Waals surface area contributed by atoms with Gasteiger partial charge in [-0.2, -0.15) is 0 Å². The van der Waals surface area contributed by atoms with E-state index in [1.54, 1.807) is 49.4 Å². The van der Waals surface area contributed by atoms with Gasteiger partial charge in [0.1, 0.15) is 17.2 Å². The Morgan fingerprint density at radius 1 is 1.17 bits per heavy atom. The minimum absolute atomic E-state index is 0.306. The van der Waals surface area contributed by atoms with Crippen molar-refractivity contribution < 1.29 is 13.9 Å². The van der Waals surface area contributed by atoms with Crippen LogP contribution in [0, 0.1) is 12.7 Å². The summed E-state index contributed by atoms with van der Waals surface area (Å²) >= 11 is 6.00. The van der Waals surface area contributed by atoms with Crippen molar-refractivity contribution >= 4 is 23.4 Å². The second kappa shape index (κ2) is 8.03. The van der Waals surface area contributed by atoms with Gasteiger partial charge in [0.15, 0.2) is 5.82 Å². The Labute approximate surface area is 179 Å². The van der Waals surface area contributed by atoms with Gasteiger partial charge in [0, 0.05) is 22.2 Å². The van der Waals surface area contributed by atoms with Crippen LogP contribution in [0.1, 0.15) is 25.3 Å². The van der Waals surface area contributed by atoms with E-state index in [1.807, 2.05) is 6.92 Å². The highest BCUT2D eigenvalue weighted by Gasteiger charge is 2.52. The van der Waals surface area contributed by atoms with Crippen molar-refractivity contribution in [1.82, 2.24) is 9.97 Å². The maximum atomic E-state index is 14.6. The number of rotatable bonds is 6. The fraction of sp³-hybridized carbons (Fsp3) is 0.261. The molecule has 154 valence electrons. The standard InChI is InChI=1S/C23H21ClFN3O2/c1-3-30-22(29)23(10-11-23)28-20-13-19(17-12-14(2)4-9-18(17)25)26-21(27-20)15-5-7-16(24)8-6-15/h4-9,12-13H,3,10-11H2,1-2H3,(H,26,27,28). The number of anilines is 1. The number of carbonyl (C=O) groups excluding carboxylic acids is 1. The van der Waals surface area contributed by atoms with Crippen molar-refractivity contribution in [2.75, 3.05) is 11.9 Å². The highest BCUT2D eigenvalue weighted by atomic mass is 35.5. The number of hydrogen-bond donors (Lipinski definition) is 1. The van der Waals surface area contributed by atoms with Crippen LogP contribution in [0.25, 0.3) is 22.6 Å². The molecular weight excluding hydrogens is 405 g/mol. The van der Waals surface area contributed by atoms with Gasteiger partial charge in [0.05, 0.1) is 12.3 Å². The van der Waals surface area contributed by atoms with Crippen molar-refractivity contribution in [3.8, 4) is 22.6 Å². The lowest BCUT2D eigenvalue weighted by Gasteiger charge is -2.18. The van der Waals surface area contributed by atoms with E-state index in [4.69, 9.17) is 16.3 Å². The quantitative estimate of drug-likeness (QED) is 0.534. The first-order valence-corrected chi connectivity index (χ1v) is 10.1. The number of benzene rings is 2. The van der Waals surface area contributed by atoms with E-state index in [-0.39, 0.29) is 11.8 Å². The first-order chi connectivity index (χ1) is 14.4. The molecule has 1 heterocycles. The summed E-state index contributed by atoms with van der Waals surface area (Å²) < 4.78 is 19.8. The number of nitrogens with zero attached hydrogens (tertiary/aromatic N) is 2. The van der Waals surface area contributed by atoms with Gasteiger partial charge in [0.25, 0.3) is 0 Å². The lowest BCUT2D eigenvalue weighted by molar-refractivity contribution is -0.145. The molecule has 0 unspecified atom stereocenters. The summed E-state index contributed by atoms with van der Waals surface area (Å²) in [7, 11) is 0. The smallest absolute Gasteiger partial charge is 0.331 e. The fourth-order valence-electron chi connectivity index (χ4n) is 3.23. The van der Waals surface area contributed by atoms with Crippen LogP contribution in [-0.2, 0) is 9.53 Å². The van der Waals surface area contributed by atoms with E-state index in [1.165, 1.54) is 6.07 Å². The van der Waals surface area contributed by atoms with Gasteiger partial charge in [-0.25, -0.2) is 19.2 Å². The molecule has 1 aromatic heterocycles. The molecule has 5 nitrogen and oxygen atoms in total. The topological polar surface area (TPSA) is 64.1 Å². The molecule has 1 N–H and O–H groups in total. The van der Waals surface area contributed by atoms with Gasteiger partial charge in [-0.05, 0) is 63.1 Å². The zero-order valence-corrected chi connectivity index (χ0v) is 17.5. The zero-order valence-electron chi connectivity index (χ0n) is 16.7. The molecule has 0 saturated heterocycles. The van der Waals surface area contributed by atoms with E-state index in [0.717, 1.165) is 11.1 Å². The summed E-state index contributed by atoms with van der Waals surface area (Å²) in [6, 6.07) is 13.6. The Morgan fingerprint density at radius 2 is 1.90 bits per heavy atom. The van der Waals surface area contributed by atoms with E-state index in [0.29, 0.717) is 47.4 Å². The van der Waals surface area contributed by atoms with E-state index in [2.05, 4.69) is 15.3 Å². The number of halogens is 2. The monoisotopic (exact) mass is 425 g/mol. The number of aromatic nitrogens is 2. The molecule has 1 aliphatic carbocycles. The second-order valence-electron chi connectivity index (χ2n) is 7.38. The maximum absolute atomic E-state index is 14.6. The largest absolute Gasteiger partial charge is 0.464 e. The van der Waals surface area contributed by atoms with Crippen molar-refractivity contribution in [3.05, 3.63) is 64.9 Å². The average Bonchev–Trinajstić information content (AvgIpc) is 3.51. The molecule has 1 fully saturated rings. The molecule has 0 bridgehead atoms. The van der Waals surface area contributed by atoms with Gasteiger partial charge in [-0.1, -0.05) is 23.2 Å². The van der Waals surface area contributed by atoms with E-state index in [9.17, 15) is 9.18 Å². The molecule has 1 aliphatic rings. The summed E-state index contributed by atoms with van der Waals surface area (Å²) in [6.07, 6.45) is 1.31. The number of ether oxygens (including phenoxy) is 1. The Morgan fingerprint density at radius 3 is 2.57 bits per heavy atom. The number of aryl methyl sites for hydroxylation is 1. The van der Waals surface area contributed by atoms with Crippen LogP contribution in [0.4, 0.5) is 10.2 Å². The van der Waals surface area contributed by atoms with Crippen LogP contribution >= 0.6 is 11.6 Å². The summed E-state index contributed by atoms with van der Waals surface area (Å²) in [5.41, 5.74) is 1.66. The van der Waals surface area contributed by atoms with Crippen LogP contribution < -0.4 is 5.32 Å². The first-order valence-electron chi connectivity index (χ1n) is 9.77. The van der Waals surface area contributed by atoms with E-state index >= 15 is 0 Å². The third-order valence-corrected chi connectivity index (χ3v) is 5.26. The zero-order chi connectivity index (χ0) is 21.3. The fourth-order valence-corrected chi connectivity index (χ4v) is 3.36. The molecule has 3 aromatic rings. The SMILES string of the molecule is CCOC(=O)C1(Nc2cc(-c3cc(C)ccc3F)nc(-c3ccc(Cl)cc3)n2)CC1. The first kappa shape index (κ1) is 20.3. The molecule has 2 aromatic carbocycles. The Hall–Kier alpha value is -2.99. The lowest BCUT2D eigenvalue weighted by Crippen LogP contribution is -2.34. The third kappa shape index (κ3) is 4.14. The molecule has 4 rings (SSSR count). The molecule has 7 heteroatoms. The number of esters is 1. The normalized spacial score (nSPS) is 14.3. The Kier molecular flexibility index (Phi) is 5.43. The van der Waals surface area contributed by atoms with Gasteiger partial charge >= 0.3 is 5.97 Å². The summed E-state index contributed by atoms with van der Waals surface area (Å²) in [4.78, 5) is 21.5. The van der Waals surface area contributed by atoms with Crippen LogP contribution in [-0.4, -0.2) is 28.1 Å². The summed E-state index contributed by atoms with van der Waals surface area (Å²) in [5, 5.41) is 3.80. The Balaban J connectivity index is 1.79. The summed E-state index contributed by atoms with van der Waals surface area (Å²) in [5.74, 6) is 0.169. The molecule has 0 spiro atoms.